The van der Waals surface area contributed by atoms with Gasteiger partial charge >= 0.3 is 6.03 Å². The molecule has 120 valence electrons. The molecule has 0 spiro atoms. The number of likely N-dealkylation sites (tertiary alicyclic amines) is 1. The number of ether oxygens (including phenoxy) is 1. The Hall–Kier alpha value is -1.14. The second-order valence-corrected chi connectivity index (χ2v) is 7.75. The number of aryl methyl sites for hydroxylation is 1. The minimum absolute atomic E-state index is 0.0668. The van der Waals surface area contributed by atoms with E-state index < -0.39 is 0 Å². The molecule has 0 aliphatic carbocycles. The average Bonchev–Trinajstić information content (AvgIpc) is 2.93. The number of hydrogen-bond acceptors (Lipinski definition) is 3. The number of carbonyl (C=O) groups excluding carboxylic acids is 1. The number of aromatic nitrogens is 1. The number of pyridine rings is 1. The van der Waals surface area contributed by atoms with Crippen LogP contribution in [0.25, 0.3) is 0 Å². The highest BCUT2D eigenvalue weighted by molar-refractivity contribution is 9.10. The monoisotopic (exact) mass is 367 g/mol. The van der Waals surface area contributed by atoms with E-state index in [1.54, 1.807) is 6.20 Å². The van der Waals surface area contributed by atoms with Crippen LogP contribution in [0.1, 0.15) is 32.4 Å². The van der Waals surface area contributed by atoms with Gasteiger partial charge in [-0.25, -0.2) is 4.79 Å². The fourth-order valence-corrected chi connectivity index (χ4v) is 3.85. The van der Waals surface area contributed by atoms with Crippen molar-refractivity contribution in [2.45, 2.75) is 45.8 Å². The number of carbonyl (C=O) groups is 1. The third-order valence-corrected chi connectivity index (χ3v) is 5.02. The van der Waals surface area contributed by atoms with Crippen LogP contribution in [-0.2, 0) is 4.74 Å². The molecule has 3 rings (SSSR count). The maximum Gasteiger partial charge on any atom is 0.322 e. The van der Waals surface area contributed by atoms with Gasteiger partial charge in [0.1, 0.15) is 0 Å². The molecule has 22 heavy (non-hydrogen) atoms. The molecule has 2 saturated heterocycles. The molecule has 6 heteroatoms. The van der Waals surface area contributed by atoms with Crippen LogP contribution in [0.15, 0.2) is 16.7 Å². The van der Waals surface area contributed by atoms with Crippen LogP contribution in [-0.4, -0.2) is 41.2 Å². The van der Waals surface area contributed by atoms with E-state index in [9.17, 15) is 4.79 Å². The Morgan fingerprint density at radius 2 is 2.32 bits per heavy atom. The molecule has 1 aromatic rings. The second-order valence-electron chi connectivity index (χ2n) is 6.83. The Kier molecular flexibility index (Phi) is 4.16. The van der Waals surface area contributed by atoms with E-state index in [0.29, 0.717) is 0 Å². The van der Waals surface area contributed by atoms with Crippen molar-refractivity contribution in [3.63, 3.8) is 0 Å². The minimum Gasteiger partial charge on any atom is -0.376 e. The van der Waals surface area contributed by atoms with E-state index in [4.69, 9.17) is 4.74 Å². The van der Waals surface area contributed by atoms with Crippen molar-refractivity contribution in [1.82, 2.24) is 9.88 Å². The number of urea groups is 1. The standard InChI is InChI=1S/C16H22BrN3O2/c1-10-12(7-11(17)8-18-10)19-15(21)20-9-16(2,3)14(20)13-5-4-6-22-13/h7-8,13-14H,4-6,9H2,1-3H3,(H,19,21). The van der Waals surface area contributed by atoms with Gasteiger partial charge in [0.15, 0.2) is 0 Å². The Balaban J connectivity index is 1.73. The summed E-state index contributed by atoms with van der Waals surface area (Å²) in [6.45, 7) is 7.86. The first-order valence-corrected chi connectivity index (χ1v) is 8.49. The van der Waals surface area contributed by atoms with Gasteiger partial charge in [-0.2, -0.15) is 0 Å². The van der Waals surface area contributed by atoms with E-state index in [0.717, 1.165) is 41.8 Å². The van der Waals surface area contributed by atoms with E-state index in [2.05, 4.69) is 40.1 Å². The van der Waals surface area contributed by atoms with Crippen molar-refractivity contribution in [3.05, 3.63) is 22.4 Å². The number of nitrogens with one attached hydrogen (secondary N) is 1. The average molecular weight is 368 g/mol. The highest BCUT2D eigenvalue weighted by Crippen LogP contribution is 2.42. The molecule has 2 unspecified atom stereocenters. The molecular formula is C16H22BrN3O2. The maximum atomic E-state index is 12.6. The predicted octanol–water partition coefficient (Wildman–Crippen LogP) is 3.57. The summed E-state index contributed by atoms with van der Waals surface area (Å²) in [4.78, 5) is 18.8. The van der Waals surface area contributed by atoms with Crippen molar-refractivity contribution >= 4 is 27.6 Å². The van der Waals surface area contributed by atoms with Crippen LogP contribution in [0, 0.1) is 12.3 Å². The summed E-state index contributed by atoms with van der Waals surface area (Å²) in [7, 11) is 0. The van der Waals surface area contributed by atoms with Gasteiger partial charge in [0, 0.05) is 29.2 Å². The van der Waals surface area contributed by atoms with Crippen molar-refractivity contribution in [2.24, 2.45) is 5.41 Å². The summed E-state index contributed by atoms with van der Waals surface area (Å²) in [5.74, 6) is 0. The Labute approximate surface area is 139 Å². The maximum absolute atomic E-state index is 12.6. The third-order valence-electron chi connectivity index (χ3n) is 4.59. The zero-order valence-corrected chi connectivity index (χ0v) is 14.8. The van der Waals surface area contributed by atoms with Gasteiger partial charge in [-0.3, -0.25) is 4.98 Å². The summed E-state index contributed by atoms with van der Waals surface area (Å²) < 4.78 is 6.68. The molecule has 2 fully saturated rings. The quantitative estimate of drug-likeness (QED) is 0.868. The number of rotatable bonds is 2. The van der Waals surface area contributed by atoms with E-state index in [1.807, 2.05) is 17.9 Å². The van der Waals surface area contributed by atoms with Crippen LogP contribution >= 0.6 is 15.9 Å². The lowest BCUT2D eigenvalue weighted by Crippen LogP contribution is -2.68. The van der Waals surface area contributed by atoms with Crippen molar-refractivity contribution in [2.75, 3.05) is 18.5 Å². The molecular weight excluding hydrogens is 346 g/mol. The molecule has 0 aromatic carbocycles. The summed E-state index contributed by atoms with van der Waals surface area (Å²) in [6, 6.07) is 1.96. The van der Waals surface area contributed by atoms with Crippen LogP contribution in [0.5, 0.6) is 0 Å². The molecule has 0 radical (unpaired) electrons. The predicted molar refractivity (Wildman–Crippen MR) is 88.9 cm³/mol. The fraction of sp³-hybridized carbons (Fsp3) is 0.625. The smallest absolute Gasteiger partial charge is 0.322 e. The minimum atomic E-state index is -0.0668. The van der Waals surface area contributed by atoms with Gasteiger partial charge < -0.3 is 15.0 Å². The molecule has 2 aliphatic heterocycles. The number of anilines is 1. The first kappa shape index (κ1) is 15.7. The number of nitrogens with zero attached hydrogens (tertiary/aromatic N) is 2. The Bertz CT molecular complexity index is 585. The molecule has 2 atom stereocenters. The molecule has 2 aliphatic rings. The van der Waals surface area contributed by atoms with Gasteiger partial charge in [-0.15, -0.1) is 0 Å². The summed E-state index contributed by atoms with van der Waals surface area (Å²) in [5, 5.41) is 2.98. The van der Waals surface area contributed by atoms with Gasteiger partial charge in [0.25, 0.3) is 0 Å². The van der Waals surface area contributed by atoms with E-state index >= 15 is 0 Å². The normalized spacial score (nSPS) is 26.6. The lowest BCUT2D eigenvalue weighted by molar-refractivity contribution is -0.0884. The van der Waals surface area contributed by atoms with Gasteiger partial charge in [0.05, 0.1) is 23.5 Å². The topological polar surface area (TPSA) is 54.5 Å². The first-order valence-electron chi connectivity index (χ1n) is 7.70. The molecule has 5 nitrogen and oxygen atoms in total. The summed E-state index contributed by atoms with van der Waals surface area (Å²) in [6.07, 6.45) is 4.01. The molecule has 0 bridgehead atoms. The highest BCUT2D eigenvalue weighted by Gasteiger charge is 2.52. The summed E-state index contributed by atoms with van der Waals surface area (Å²) >= 11 is 3.39. The van der Waals surface area contributed by atoms with Crippen LogP contribution < -0.4 is 5.32 Å². The highest BCUT2D eigenvalue weighted by atomic mass is 79.9. The first-order chi connectivity index (χ1) is 10.4. The summed E-state index contributed by atoms with van der Waals surface area (Å²) in [5.41, 5.74) is 1.66. The van der Waals surface area contributed by atoms with Gasteiger partial charge in [-0.1, -0.05) is 13.8 Å². The molecule has 3 heterocycles. The molecule has 1 N–H and O–H groups in total. The van der Waals surface area contributed by atoms with Crippen molar-refractivity contribution < 1.29 is 9.53 Å². The zero-order valence-electron chi connectivity index (χ0n) is 13.2. The Morgan fingerprint density at radius 3 is 2.95 bits per heavy atom. The van der Waals surface area contributed by atoms with Crippen LogP contribution in [0.3, 0.4) is 0 Å². The molecule has 2 amide bonds. The van der Waals surface area contributed by atoms with E-state index in [1.165, 1.54) is 0 Å². The van der Waals surface area contributed by atoms with Crippen LogP contribution in [0.2, 0.25) is 0 Å². The number of amides is 2. The van der Waals surface area contributed by atoms with Crippen molar-refractivity contribution in [3.8, 4) is 0 Å². The Morgan fingerprint density at radius 1 is 1.55 bits per heavy atom. The third kappa shape index (κ3) is 2.86. The number of hydrogen-bond donors (Lipinski definition) is 1. The fourth-order valence-electron chi connectivity index (χ4n) is 3.52. The zero-order chi connectivity index (χ0) is 15.9. The van der Waals surface area contributed by atoms with Gasteiger partial charge in [-0.05, 0) is 41.8 Å². The van der Waals surface area contributed by atoms with E-state index in [-0.39, 0.29) is 23.6 Å². The molecule has 0 saturated carbocycles. The second kappa shape index (κ2) is 5.81. The van der Waals surface area contributed by atoms with Crippen molar-refractivity contribution in [1.29, 1.82) is 0 Å². The SMILES string of the molecule is Cc1ncc(Br)cc1NC(=O)N1CC(C)(C)C1C1CCCO1. The lowest BCUT2D eigenvalue weighted by atomic mass is 9.72. The molecule has 1 aromatic heterocycles. The number of halogens is 1. The van der Waals surface area contributed by atoms with Crippen LogP contribution in [0.4, 0.5) is 10.5 Å². The van der Waals surface area contributed by atoms with Gasteiger partial charge in [0.2, 0.25) is 0 Å². The lowest BCUT2D eigenvalue weighted by Gasteiger charge is -2.56. The largest absolute Gasteiger partial charge is 0.376 e.